The van der Waals surface area contributed by atoms with Gasteiger partial charge in [0, 0.05) is 6.04 Å². The van der Waals surface area contributed by atoms with E-state index in [0.29, 0.717) is 11.7 Å². The number of aryl methyl sites for hydroxylation is 1. The van der Waals surface area contributed by atoms with Gasteiger partial charge < -0.3 is 11.5 Å². The minimum absolute atomic E-state index is 0.452. The number of hydrogen-bond acceptors (Lipinski definition) is 3. The van der Waals surface area contributed by atoms with Crippen molar-refractivity contribution in [1.82, 2.24) is 4.90 Å². The maximum Gasteiger partial charge on any atom is 0.0599 e. The average Bonchev–Trinajstić information content (AvgIpc) is 2.60. The fraction of sp³-hybridized carbons (Fsp3) is 0.500. The Bertz CT molecular complexity index is 373. The van der Waals surface area contributed by atoms with E-state index in [-0.39, 0.29) is 0 Å². The molecule has 1 aliphatic heterocycles. The maximum atomic E-state index is 6.07. The van der Waals surface area contributed by atoms with E-state index >= 15 is 0 Å². The molecule has 3 heteroatoms. The molecular formula is C12H19N3. The largest absolute Gasteiger partial charge is 0.397 e. The zero-order valence-electron chi connectivity index (χ0n) is 9.46. The summed E-state index contributed by atoms with van der Waals surface area (Å²) in [6.07, 6.45) is 2.43. The van der Waals surface area contributed by atoms with Crippen molar-refractivity contribution >= 4 is 11.4 Å². The van der Waals surface area contributed by atoms with Crippen LogP contribution < -0.4 is 11.5 Å². The van der Waals surface area contributed by atoms with E-state index in [9.17, 15) is 0 Å². The molecule has 1 aromatic rings. The molecule has 0 bridgehead atoms. The highest BCUT2D eigenvalue weighted by atomic mass is 15.1. The van der Waals surface area contributed by atoms with E-state index in [4.69, 9.17) is 11.5 Å². The molecule has 1 unspecified atom stereocenters. The Labute approximate surface area is 91.1 Å². The molecule has 0 aliphatic carbocycles. The third-order valence-corrected chi connectivity index (χ3v) is 3.39. The molecule has 0 aromatic heterocycles. The molecular weight excluding hydrogens is 186 g/mol. The summed E-state index contributed by atoms with van der Waals surface area (Å²) in [5.41, 5.74) is 15.9. The summed E-state index contributed by atoms with van der Waals surface area (Å²) in [4.78, 5) is 2.36. The Balaban J connectivity index is 2.46. The minimum atomic E-state index is 0.452. The first kappa shape index (κ1) is 10.3. The fourth-order valence-electron chi connectivity index (χ4n) is 2.48. The highest BCUT2D eigenvalue weighted by Crippen LogP contribution is 2.37. The van der Waals surface area contributed by atoms with Gasteiger partial charge in [-0.05, 0) is 50.6 Å². The second-order valence-corrected chi connectivity index (χ2v) is 4.44. The van der Waals surface area contributed by atoms with Crippen molar-refractivity contribution in [1.29, 1.82) is 0 Å². The van der Waals surface area contributed by atoms with Crippen LogP contribution in [0.3, 0.4) is 0 Å². The van der Waals surface area contributed by atoms with Gasteiger partial charge in [-0.1, -0.05) is 6.07 Å². The van der Waals surface area contributed by atoms with Crippen molar-refractivity contribution in [2.24, 2.45) is 0 Å². The van der Waals surface area contributed by atoms with Crippen LogP contribution in [0.2, 0.25) is 0 Å². The highest BCUT2D eigenvalue weighted by Gasteiger charge is 2.26. The van der Waals surface area contributed by atoms with E-state index in [0.717, 1.165) is 12.2 Å². The third-order valence-electron chi connectivity index (χ3n) is 3.39. The zero-order chi connectivity index (χ0) is 11.0. The molecule has 1 fully saturated rings. The standard InChI is InChI=1S/C12H19N3/c1-8-5-6-9(13)12(14)11(8)10-4-3-7-15(10)2/h5-6,10H,3-4,7,13-14H2,1-2H3. The van der Waals surface area contributed by atoms with Gasteiger partial charge in [-0.3, -0.25) is 4.90 Å². The van der Waals surface area contributed by atoms with Crippen LogP contribution in [0, 0.1) is 6.92 Å². The Hall–Kier alpha value is -1.22. The number of nitrogens with zero attached hydrogens (tertiary/aromatic N) is 1. The normalized spacial score (nSPS) is 22.1. The smallest absolute Gasteiger partial charge is 0.0599 e. The predicted molar refractivity (Wildman–Crippen MR) is 64.6 cm³/mol. The van der Waals surface area contributed by atoms with Crippen molar-refractivity contribution in [3.8, 4) is 0 Å². The molecule has 1 atom stereocenters. The number of anilines is 2. The van der Waals surface area contributed by atoms with Crippen molar-refractivity contribution in [3.63, 3.8) is 0 Å². The SMILES string of the molecule is Cc1ccc(N)c(N)c1C1CCCN1C. The molecule has 82 valence electrons. The van der Waals surface area contributed by atoms with Crippen LogP contribution in [0.5, 0.6) is 0 Å². The van der Waals surface area contributed by atoms with E-state index in [2.05, 4.69) is 24.9 Å². The Kier molecular flexibility index (Phi) is 2.57. The summed E-state index contributed by atoms with van der Waals surface area (Å²) in [5.74, 6) is 0. The van der Waals surface area contributed by atoms with E-state index in [1.807, 2.05) is 6.07 Å². The Morgan fingerprint density at radius 3 is 2.67 bits per heavy atom. The summed E-state index contributed by atoms with van der Waals surface area (Å²) in [6, 6.07) is 4.41. The van der Waals surface area contributed by atoms with Gasteiger partial charge in [-0.25, -0.2) is 0 Å². The van der Waals surface area contributed by atoms with Gasteiger partial charge in [0.05, 0.1) is 11.4 Å². The van der Waals surface area contributed by atoms with Crippen LogP contribution in [0.25, 0.3) is 0 Å². The average molecular weight is 205 g/mol. The highest BCUT2D eigenvalue weighted by molar-refractivity contribution is 5.70. The summed E-state index contributed by atoms with van der Waals surface area (Å²) in [7, 11) is 2.15. The van der Waals surface area contributed by atoms with Crippen LogP contribution in [-0.4, -0.2) is 18.5 Å². The number of nitrogen functional groups attached to an aromatic ring is 2. The van der Waals surface area contributed by atoms with Crippen molar-refractivity contribution in [2.45, 2.75) is 25.8 Å². The van der Waals surface area contributed by atoms with Crippen molar-refractivity contribution in [3.05, 3.63) is 23.3 Å². The number of nitrogens with two attached hydrogens (primary N) is 2. The summed E-state index contributed by atoms with van der Waals surface area (Å²) < 4.78 is 0. The van der Waals surface area contributed by atoms with Gasteiger partial charge in [-0.2, -0.15) is 0 Å². The molecule has 4 N–H and O–H groups in total. The molecule has 15 heavy (non-hydrogen) atoms. The first-order valence-electron chi connectivity index (χ1n) is 5.46. The maximum absolute atomic E-state index is 6.07. The summed E-state index contributed by atoms with van der Waals surface area (Å²) in [6.45, 7) is 3.26. The van der Waals surface area contributed by atoms with E-state index in [1.54, 1.807) is 0 Å². The van der Waals surface area contributed by atoms with E-state index in [1.165, 1.54) is 24.0 Å². The molecule has 2 rings (SSSR count). The summed E-state index contributed by atoms with van der Waals surface area (Å²) in [5, 5.41) is 0. The molecule has 3 nitrogen and oxygen atoms in total. The molecule has 0 amide bonds. The Morgan fingerprint density at radius 1 is 1.33 bits per heavy atom. The first-order chi connectivity index (χ1) is 7.11. The molecule has 1 aromatic carbocycles. The van der Waals surface area contributed by atoms with Gasteiger partial charge in [0.15, 0.2) is 0 Å². The van der Waals surface area contributed by atoms with Crippen molar-refractivity contribution < 1.29 is 0 Å². The second-order valence-electron chi connectivity index (χ2n) is 4.44. The van der Waals surface area contributed by atoms with Gasteiger partial charge in [0.2, 0.25) is 0 Å². The monoisotopic (exact) mass is 205 g/mol. The van der Waals surface area contributed by atoms with E-state index < -0.39 is 0 Å². The lowest BCUT2D eigenvalue weighted by atomic mass is 9.96. The van der Waals surface area contributed by atoms with Crippen LogP contribution in [0.15, 0.2) is 12.1 Å². The molecule has 1 aliphatic rings. The molecule has 0 radical (unpaired) electrons. The quantitative estimate of drug-likeness (QED) is 0.689. The second kappa shape index (κ2) is 3.74. The minimum Gasteiger partial charge on any atom is -0.397 e. The van der Waals surface area contributed by atoms with Crippen LogP contribution in [-0.2, 0) is 0 Å². The molecule has 0 spiro atoms. The number of likely N-dealkylation sites (tertiary alicyclic amines) is 1. The van der Waals surface area contributed by atoms with Gasteiger partial charge in [0.25, 0.3) is 0 Å². The van der Waals surface area contributed by atoms with Crippen LogP contribution in [0.4, 0.5) is 11.4 Å². The first-order valence-corrected chi connectivity index (χ1v) is 5.46. The number of benzene rings is 1. The Morgan fingerprint density at radius 2 is 2.07 bits per heavy atom. The molecule has 0 saturated carbocycles. The third kappa shape index (κ3) is 1.67. The summed E-state index contributed by atoms with van der Waals surface area (Å²) >= 11 is 0. The number of hydrogen-bond donors (Lipinski definition) is 2. The van der Waals surface area contributed by atoms with Crippen LogP contribution in [0.1, 0.15) is 30.0 Å². The van der Waals surface area contributed by atoms with Crippen LogP contribution >= 0.6 is 0 Å². The number of rotatable bonds is 1. The van der Waals surface area contributed by atoms with Gasteiger partial charge in [0.1, 0.15) is 0 Å². The lowest BCUT2D eigenvalue weighted by molar-refractivity contribution is 0.317. The molecule has 1 heterocycles. The van der Waals surface area contributed by atoms with Gasteiger partial charge >= 0.3 is 0 Å². The predicted octanol–water partition coefficient (Wildman–Crippen LogP) is 1.93. The zero-order valence-corrected chi connectivity index (χ0v) is 9.46. The topological polar surface area (TPSA) is 55.3 Å². The molecule has 1 saturated heterocycles. The lowest BCUT2D eigenvalue weighted by Gasteiger charge is -2.24. The fourth-order valence-corrected chi connectivity index (χ4v) is 2.48. The lowest BCUT2D eigenvalue weighted by Crippen LogP contribution is -2.20. The van der Waals surface area contributed by atoms with Gasteiger partial charge in [-0.15, -0.1) is 0 Å². The van der Waals surface area contributed by atoms with Crippen molar-refractivity contribution in [2.75, 3.05) is 25.1 Å².